The van der Waals surface area contributed by atoms with Gasteiger partial charge in [0.05, 0.1) is 0 Å². The molecule has 350 valence electrons. The summed E-state index contributed by atoms with van der Waals surface area (Å²) < 4.78 is 16.7. The number of carbonyl (C=O) groups excluding carboxylic acids is 3. The Kier molecular flexibility index (Phi) is 46.6. The molecule has 6 heteroatoms. The van der Waals surface area contributed by atoms with Crippen LogP contribution in [-0.4, -0.2) is 37.2 Å². The van der Waals surface area contributed by atoms with Gasteiger partial charge in [-0.05, 0) is 122 Å². The summed E-state index contributed by atoms with van der Waals surface area (Å²) in [6, 6.07) is 0. The minimum absolute atomic E-state index is 0.118. The lowest BCUT2D eigenvalue weighted by Crippen LogP contribution is -2.30. The van der Waals surface area contributed by atoms with Gasteiger partial charge in [0.1, 0.15) is 13.2 Å². The summed E-state index contributed by atoms with van der Waals surface area (Å²) in [5, 5.41) is 0. The Hall–Kier alpha value is -3.93. The van der Waals surface area contributed by atoms with E-state index in [1.54, 1.807) is 0 Å². The first-order chi connectivity index (χ1) is 30.5. The summed E-state index contributed by atoms with van der Waals surface area (Å²) in [5.74, 6) is -1.03. The maximum Gasteiger partial charge on any atom is 0.306 e. The molecule has 0 aromatic carbocycles. The minimum Gasteiger partial charge on any atom is -0.462 e. The minimum atomic E-state index is -0.825. The molecule has 0 amide bonds. The highest BCUT2D eigenvalue weighted by atomic mass is 16.6. The lowest BCUT2D eigenvalue weighted by molar-refractivity contribution is -0.167. The van der Waals surface area contributed by atoms with Gasteiger partial charge < -0.3 is 14.2 Å². The third-order valence-electron chi connectivity index (χ3n) is 9.98. The number of hydrogen-bond acceptors (Lipinski definition) is 6. The predicted molar refractivity (Wildman–Crippen MR) is 265 cm³/mol. The first kappa shape index (κ1) is 58.1. The van der Waals surface area contributed by atoms with Crippen LogP contribution in [0, 0.1) is 0 Å². The predicted octanol–water partition coefficient (Wildman–Crippen LogP) is 16.4. The number of hydrogen-bond donors (Lipinski definition) is 0. The Balaban J connectivity index is 4.57. The highest BCUT2D eigenvalue weighted by Gasteiger charge is 2.19. The summed E-state index contributed by atoms with van der Waals surface area (Å²) in [6.45, 7) is 6.36. The van der Waals surface area contributed by atoms with E-state index in [0.29, 0.717) is 19.3 Å². The first-order valence-corrected chi connectivity index (χ1v) is 24.9. The van der Waals surface area contributed by atoms with E-state index in [-0.39, 0.29) is 44.0 Å². The number of allylic oxidation sites excluding steroid dienone is 18. The second-order valence-corrected chi connectivity index (χ2v) is 16.0. The summed E-state index contributed by atoms with van der Waals surface area (Å²) in [7, 11) is 0. The molecule has 6 nitrogen and oxygen atoms in total. The number of ether oxygens (including phenoxy) is 3. The van der Waals surface area contributed by atoms with Crippen LogP contribution < -0.4 is 0 Å². The second-order valence-electron chi connectivity index (χ2n) is 16.0. The average molecular weight is 859 g/mol. The SMILES string of the molecule is CC/C=C\C/C=C\C/C=C\C/C=C\C/C=C\CCCC(=O)OC[C@@H](COC(=O)CCCCCCC/C=C\CCCCC)OC(=O)CCCC/C=C\C/C=C\C/C=C\CCCCC. The fraction of sp³-hybridized carbons (Fsp3) is 0.625. The highest BCUT2D eigenvalue weighted by Crippen LogP contribution is 2.11. The summed E-state index contributed by atoms with van der Waals surface area (Å²) >= 11 is 0. The van der Waals surface area contributed by atoms with Crippen molar-refractivity contribution in [2.24, 2.45) is 0 Å². The Labute approximate surface area is 380 Å². The van der Waals surface area contributed by atoms with E-state index < -0.39 is 6.10 Å². The standard InChI is InChI=1S/C56H90O6/c1-4-7-10-13-16-19-22-25-27-28-30-31-34-37-40-43-46-49-55(58)61-52-53(51-60-54(57)48-45-42-39-36-33-24-21-18-15-12-9-6-3)62-56(59)50-47-44-41-38-35-32-29-26-23-20-17-14-11-8-5-2/h7,10,16-21,25-27,29-31,35,37-38,40,53H,4-6,8-9,11-15,22-24,28,32-34,36,39,41-52H2,1-3H3/b10-7-,19-16-,20-17-,21-18-,27-25-,29-26-,31-30-,38-35-,40-37-/t53-/m1/s1. The van der Waals surface area contributed by atoms with Crippen molar-refractivity contribution in [3.63, 3.8) is 0 Å². The van der Waals surface area contributed by atoms with Crippen LogP contribution in [-0.2, 0) is 28.6 Å². The van der Waals surface area contributed by atoms with Gasteiger partial charge in [0, 0.05) is 19.3 Å². The Bertz CT molecular complexity index is 1310. The van der Waals surface area contributed by atoms with Crippen LogP contribution in [0.3, 0.4) is 0 Å². The van der Waals surface area contributed by atoms with Gasteiger partial charge in [0.25, 0.3) is 0 Å². The van der Waals surface area contributed by atoms with Crippen LogP contribution in [0.1, 0.15) is 207 Å². The van der Waals surface area contributed by atoms with E-state index in [0.717, 1.165) is 96.3 Å². The van der Waals surface area contributed by atoms with E-state index in [4.69, 9.17) is 14.2 Å². The maximum absolute atomic E-state index is 12.8. The molecule has 0 N–H and O–H groups in total. The molecule has 0 heterocycles. The molecule has 0 saturated carbocycles. The number of unbranched alkanes of at least 4 members (excludes halogenated alkanes) is 14. The molecule has 0 radical (unpaired) electrons. The molecule has 62 heavy (non-hydrogen) atoms. The second kappa shape index (κ2) is 49.7. The molecule has 0 unspecified atom stereocenters. The number of esters is 3. The molecule has 0 aromatic rings. The Morgan fingerprint density at radius 3 is 1.10 bits per heavy atom. The van der Waals surface area contributed by atoms with E-state index in [9.17, 15) is 14.4 Å². The molecule has 0 aliphatic carbocycles. The van der Waals surface area contributed by atoms with Crippen molar-refractivity contribution in [3.8, 4) is 0 Å². The van der Waals surface area contributed by atoms with E-state index in [1.165, 1.54) is 57.8 Å². The van der Waals surface area contributed by atoms with Gasteiger partial charge in [0.2, 0.25) is 0 Å². The highest BCUT2D eigenvalue weighted by molar-refractivity contribution is 5.71. The zero-order valence-electron chi connectivity index (χ0n) is 39.8. The Morgan fingerprint density at radius 1 is 0.339 bits per heavy atom. The lowest BCUT2D eigenvalue weighted by atomic mass is 10.1. The van der Waals surface area contributed by atoms with Gasteiger partial charge in [-0.2, -0.15) is 0 Å². The zero-order chi connectivity index (χ0) is 45.1. The van der Waals surface area contributed by atoms with Crippen LogP contribution in [0.25, 0.3) is 0 Å². The number of carbonyl (C=O) groups is 3. The fourth-order valence-corrected chi connectivity index (χ4v) is 6.24. The van der Waals surface area contributed by atoms with Crippen molar-refractivity contribution in [2.75, 3.05) is 13.2 Å². The van der Waals surface area contributed by atoms with Gasteiger partial charge in [-0.25, -0.2) is 0 Å². The van der Waals surface area contributed by atoms with Gasteiger partial charge in [-0.15, -0.1) is 0 Å². The van der Waals surface area contributed by atoms with Crippen molar-refractivity contribution in [1.82, 2.24) is 0 Å². The maximum atomic E-state index is 12.8. The van der Waals surface area contributed by atoms with Crippen LogP contribution >= 0.6 is 0 Å². The molecule has 0 saturated heterocycles. The molecular weight excluding hydrogens is 769 g/mol. The molecule has 0 aliphatic rings. The fourth-order valence-electron chi connectivity index (χ4n) is 6.24. The number of rotatable bonds is 43. The molecule has 0 bridgehead atoms. The van der Waals surface area contributed by atoms with Crippen molar-refractivity contribution in [1.29, 1.82) is 0 Å². The zero-order valence-corrected chi connectivity index (χ0v) is 39.8. The van der Waals surface area contributed by atoms with Gasteiger partial charge >= 0.3 is 17.9 Å². The van der Waals surface area contributed by atoms with Crippen molar-refractivity contribution in [3.05, 3.63) is 109 Å². The quantitative estimate of drug-likeness (QED) is 0.0263. The third-order valence-corrected chi connectivity index (χ3v) is 9.98. The van der Waals surface area contributed by atoms with Gasteiger partial charge in [-0.1, -0.05) is 175 Å². The third kappa shape index (κ3) is 47.1. The summed E-state index contributed by atoms with van der Waals surface area (Å²) in [6.07, 6.45) is 66.5. The van der Waals surface area contributed by atoms with Crippen molar-refractivity contribution in [2.45, 2.75) is 213 Å². The topological polar surface area (TPSA) is 78.9 Å². The molecule has 1 atom stereocenters. The molecule has 0 aliphatic heterocycles. The summed E-state index contributed by atoms with van der Waals surface area (Å²) in [4.78, 5) is 37.9. The van der Waals surface area contributed by atoms with E-state index in [2.05, 4.69) is 130 Å². The van der Waals surface area contributed by atoms with E-state index in [1.807, 2.05) is 0 Å². The first-order valence-electron chi connectivity index (χ1n) is 24.9. The van der Waals surface area contributed by atoms with Crippen LogP contribution in [0.15, 0.2) is 109 Å². The summed E-state index contributed by atoms with van der Waals surface area (Å²) in [5.41, 5.74) is 0. The largest absolute Gasteiger partial charge is 0.462 e. The van der Waals surface area contributed by atoms with E-state index >= 15 is 0 Å². The van der Waals surface area contributed by atoms with Crippen LogP contribution in [0.5, 0.6) is 0 Å². The van der Waals surface area contributed by atoms with Crippen molar-refractivity contribution < 1.29 is 28.6 Å². The molecular formula is C56H90O6. The van der Waals surface area contributed by atoms with Gasteiger partial charge in [0.15, 0.2) is 6.10 Å². The normalized spacial score (nSPS) is 13.0. The monoisotopic (exact) mass is 859 g/mol. The average Bonchev–Trinajstić information content (AvgIpc) is 3.27. The van der Waals surface area contributed by atoms with Gasteiger partial charge in [-0.3, -0.25) is 14.4 Å². The molecule has 0 fully saturated rings. The van der Waals surface area contributed by atoms with Crippen molar-refractivity contribution >= 4 is 17.9 Å². The molecule has 0 rings (SSSR count). The van der Waals surface area contributed by atoms with Crippen LogP contribution in [0.2, 0.25) is 0 Å². The molecule has 0 aromatic heterocycles. The Morgan fingerprint density at radius 2 is 0.645 bits per heavy atom. The molecule has 0 spiro atoms. The smallest absolute Gasteiger partial charge is 0.306 e. The lowest BCUT2D eigenvalue weighted by Gasteiger charge is -2.18. The van der Waals surface area contributed by atoms with Crippen LogP contribution in [0.4, 0.5) is 0 Å².